The number of rotatable bonds is 5. The number of hydrogen-bond acceptors (Lipinski definition) is 4. The monoisotopic (exact) mass is 500 g/mol. The molecule has 3 aromatic carbocycles. The van der Waals surface area contributed by atoms with Gasteiger partial charge in [-0.05, 0) is 69.0 Å². The minimum atomic E-state index is -0.540. The fourth-order valence-electron chi connectivity index (χ4n) is 4.83. The first-order valence-corrected chi connectivity index (χ1v) is 13.2. The number of hydrogen-bond donors (Lipinski definition) is 0. The molecule has 1 fully saturated rings. The number of fused-ring (bicyclic) bond motifs is 1. The summed E-state index contributed by atoms with van der Waals surface area (Å²) in [7, 11) is 2.12. The van der Waals surface area contributed by atoms with Gasteiger partial charge >= 0.3 is 6.09 Å². The van der Waals surface area contributed by atoms with Crippen molar-refractivity contribution in [3.05, 3.63) is 71.3 Å². The van der Waals surface area contributed by atoms with Gasteiger partial charge in [-0.25, -0.2) is 9.69 Å². The van der Waals surface area contributed by atoms with E-state index in [9.17, 15) is 9.59 Å². The first-order valence-electron chi connectivity index (χ1n) is 13.2. The highest BCUT2D eigenvalue weighted by Crippen LogP contribution is 2.36. The largest absolute Gasteiger partial charge is 0.447 e. The lowest BCUT2D eigenvalue weighted by molar-refractivity contribution is -0.129. The Morgan fingerprint density at radius 3 is 2.03 bits per heavy atom. The van der Waals surface area contributed by atoms with Gasteiger partial charge in [0, 0.05) is 18.4 Å². The van der Waals surface area contributed by atoms with Gasteiger partial charge in [0.1, 0.15) is 6.61 Å². The van der Waals surface area contributed by atoms with Crippen LogP contribution in [0.1, 0.15) is 77.5 Å². The second-order valence-corrected chi connectivity index (χ2v) is 12.2. The Bertz CT molecular complexity index is 1300. The highest BCUT2D eigenvalue weighted by molar-refractivity contribution is 5.97. The molecular formula is C32H40N2O3. The summed E-state index contributed by atoms with van der Waals surface area (Å²) in [6.45, 7) is 16.1. The molecule has 1 aliphatic heterocycles. The molecule has 0 bridgehead atoms. The van der Waals surface area contributed by atoms with E-state index in [2.05, 4.69) is 102 Å². The summed E-state index contributed by atoms with van der Waals surface area (Å²) in [5.41, 5.74) is 5.95. The molecule has 5 heteroatoms. The number of anilines is 2. The van der Waals surface area contributed by atoms with Gasteiger partial charge in [0.05, 0.1) is 12.5 Å². The standard InChI is InChI=1S/C32H40N2O3/c1-9-28(29(35)34-14-15-37-30(34)36)23-11-10-22-17-26(13-12-21(22)16-23)33(8)27-19-24(31(2,3)4)18-25(20-27)32(5,6)7/h10-13,16-20,28H,9,14-15H2,1-8H3. The van der Waals surface area contributed by atoms with Crippen LogP contribution in [0.2, 0.25) is 0 Å². The van der Waals surface area contributed by atoms with E-state index in [1.807, 2.05) is 13.0 Å². The molecule has 0 spiro atoms. The van der Waals surface area contributed by atoms with Crippen LogP contribution in [-0.4, -0.2) is 37.1 Å². The Labute approximate surface area is 221 Å². The van der Waals surface area contributed by atoms with Crippen molar-refractivity contribution in [2.45, 2.75) is 71.6 Å². The Morgan fingerprint density at radius 1 is 0.892 bits per heavy atom. The van der Waals surface area contributed by atoms with Crippen LogP contribution in [0.15, 0.2) is 54.6 Å². The maximum absolute atomic E-state index is 13.0. The third-order valence-electron chi connectivity index (χ3n) is 7.41. The van der Waals surface area contributed by atoms with E-state index in [0.717, 1.165) is 22.0 Å². The van der Waals surface area contributed by atoms with Gasteiger partial charge in [-0.2, -0.15) is 0 Å². The summed E-state index contributed by atoms with van der Waals surface area (Å²) >= 11 is 0. The second-order valence-electron chi connectivity index (χ2n) is 12.2. The maximum atomic E-state index is 13.0. The zero-order valence-corrected chi connectivity index (χ0v) is 23.5. The third-order valence-corrected chi connectivity index (χ3v) is 7.41. The highest BCUT2D eigenvalue weighted by atomic mass is 16.6. The number of benzene rings is 3. The van der Waals surface area contributed by atoms with Crippen LogP contribution in [0.3, 0.4) is 0 Å². The number of ether oxygens (including phenoxy) is 1. The average molecular weight is 501 g/mol. The van der Waals surface area contributed by atoms with E-state index in [0.29, 0.717) is 13.0 Å². The normalized spacial score (nSPS) is 15.1. The molecule has 1 atom stereocenters. The zero-order chi connectivity index (χ0) is 27.1. The van der Waals surface area contributed by atoms with Crippen LogP contribution >= 0.6 is 0 Å². The number of cyclic esters (lactones) is 1. The minimum absolute atomic E-state index is 0.0513. The van der Waals surface area contributed by atoms with E-state index in [1.165, 1.54) is 21.7 Å². The highest BCUT2D eigenvalue weighted by Gasteiger charge is 2.33. The summed E-state index contributed by atoms with van der Waals surface area (Å²) in [6, 6.07) is 19.5. The van der Waals surface area contributed by atoms with Gasteiger partial charge in [0.15, 0.2) is 0 Å². The molecule has 1 saturated heterocycles. The molecule has 0 aromatic heterocycles. The van der Waals surface area contributed by atoms with Gasteiger partial charge in [0.25, 0.3) is 0 Å². The van der Waals surface area contributed by atoms with Crippen molar-refractivity contribution in [2.75, 3.05) is 25.1 Å². The molecule has 0 N–H and O–H groups in total. The van der Waals surface area contributed by atoms with Crippen LogP contribution in [0.25, 0.3) is 10.8 Å². The summed E-state index contributed by atoms with van der Waals surface area (Å²) in [4.78, 5) is 28.4. The Morgan fingerprint density at radius 2 is 1.49 bits per heavy atom. The molecule has 1 aliphatic rings. The molecule has 5 nitrogen and oxygen atoms in total. The van der Waals surface area contributed by atoms with Crippen molar-refractivity contribution in [3.8, 4) is 0 Å². The van der Waals surface area contributed by atoms with Crippen molar-refractivity contribution < 1.29 is 14.3 Å². The molecule has 0 aliphatic carbocycles. The first-order chi connectivity index (χ1) is 17.3. The molecule has 3 aromatic rings. The summed E-state index contributed by atoms with van der Waals surface area (Å²) < 4.78 is 4.97. The number of carbonyl (C=O) groups excluding carboxylic acids is 2. The lowest BCUT2D eigenvalue weighted by Gasteiger charge is -2.29. The van der Waals surface area contributed by atoms with Crippen molar-refractivity contribution >= 4 is 34.1 Å². The molecule has 2 amide bonds. The van der Waals surface area contributed by atoms with Crippen molar-refractivity contribution in [1.82, 2.24) is 4.90 Å². The van der Waals surface area contributed by atoms with E-state index in [4.69, 9.17) is 4.74 Å². The zero-order valence-electron chi connectivity index (χ0n) is 23.5. The predicted octanol–water partition coefficient (Wildman–Crippen LogP) is 7.68. The van der Waals surface area contributed by atoms with Crippen molar-refractivity contribution in [2.24, 2.45) is 0 Å². The number of nitrogens with zero attached hydrogens (tertiary/aromatic N) is 2. The van der Waals surface area contributed by atoms with E-state index < -0.39 is 6.09 Å². The summed E-state index contributed by atoms with van der Waals surface area (Å²) in [5.74, 6) is -0.553. The van der Waals surface area contributed by atoms with Gasteiger partial charge in [-0.15, -0.1) is 0 Å². The van der Waals surface area contributed by atoms with Crippen LogP contribution < -0.4 is 4.90 Å². The topological polar surface area (TPSA) is 49.9 Å². The minimum Gasteiger partial charge on any atom is -0.447 e. The second kappa shape index (κ2) is 9.85. The van der Waals surface area contributed by atoms with Crippen LogP contribution in [-0.2, 0) is 20.4 Å². The van der Waals surface area contributed by atoms with Crippen molar-refractivity contribution in [1.29, 1.82) is 0 Å². The number of carbonyl (C=O) groups is 2. The summed E-state index contributed by atoms with van der Waals surface area (Å²) in [5, 5.41) is 2.18. The third kappa shape index (κ3) is 5.51. The molecule has 196 valence electrons. The van der Waals surface area contributed by atoms with Crippen LogP contribution in [0.4, 0.5) is 16.2 Å². The Kier molecular flexibility index (Phi) is 7.11. The first kappa shape index (κ1) is 26.7. The van der Waals surface area contributed by atoms with Gasteiger partial charge in [-0.3, -0.25) is 4.79 Å². The van der Waals surface area contributed by atoms with Crippen molar-refractivity contribution in [3.63, 3.8) is 0 Å². The lowest BCUT2D eigenvalue weighted by Crippen LogP contribution is -2.35. The Hall–Kier alpha value is -3.34. The lowest BCUT2D eigenvalue weighted by atomic mass is 9.80. The summed E-state index contributed by atoms with van der Waals surface area (Å²) in [6.07, 6.45) is 0.0805. The fraction of sp³-hybridized carbons (Fsp3) is 0.438. The molecule has 37 heavy (non-hydrogen) atoms. The predicted molar refractivity (Wildman–Crippen MR) is 152 cm³/mol. The molecule has 4 rings (SSSR count). The Balaban J connectivity index is 1.67. The molecular weight excluding hydrogens is 460 g/mol. The van der Waals surface area contributed by atoms with Gasteiger partial charge in [0.2, 0.25) is 5.91 Å². The van der Waals surface area contributed by atoms with E-state index >= 15 is 0 Å². The van der Waals surface area contributed by atoms with Crippen LogP contribution in [0.5, 0.6) is 0 Å². The molecule has 1 heterocycles. The number of amides is 2. The average Bonchev–Trinajstić information content (AvgIpc) is 3.28. The van der Waals surface area contributed by atoms with Crippen LogP contribution in [0, 0.1) is 0 Å². The van der Waals surface area contributed by atoms with Gasteiger partial charge < -0.3 is 9.64 Å². The SMILES string of the molecule is CCC(C(=O)N1CCOC1=O)c1ccc2cc(N(C)c3cc(C(C)(C)C)cc(C(C)(C)C)c3)ccc2c1. The maximum Gasteiger partial charge on any atom is 0.416 e. The molecule has 1 unspecified atom stereocenters. The van der Waals surface area contributed by atoms with E-state index in [1.54, 1.807) is 0 Å². The van der Waals surface area contributed by atoms with E-state index in [-0.39, 0.29) is 29.3 Å². The quantitative estimate of drug-likeness (QED) is 0.361. The molecule has 0 radical (unpaired) electrons. The smallest absolute Gasteiger partial charge is 0.416 e. The van der Waals surface area contributed by atoms with Gasteiger partial charge in [-0.1, -0.05) is 78.8 Å². The number of imide groups is 1. The fourth-order valence-corrected chi connectivity index (χ4v) is 4.83. The molecule has 0 saturated carbocycles.